The van der Waals surface area contributed by atoms with Crippen molar-refractivity contribution in [1.82, 2.24) is 0 Å². The minimum atomic E-state index is -0.585. The molecule has 0 aliphatic rings. The molecule has 2 rings (SSSR count). The molecule has 0 radical (unpaired) electrons. The molecule has 2 aromatic rings. The Kier molecular flexibility index (Phi) is 6.13. The maximum Gasteiger partial charge on any atom is 0.265 e. The average Bonchev–Trinajstić information content (AvgIpc) is 2.60. The van der Waals surface area contributed by atoms with Crippen molar-refractivity contribution in [2.24, 2.45) is 0 Å². The highest BCUT2D eigenvalue weighted by atomic mass is 16.5. The highest BCUT2D eigenvalue weighted by Gasteiger charge is 2.18. The van der Waals surface area contributed by atoms with Crippen LogP contribution in [-0.2, 0) is 11.2 Å². The first kappa shape index (κ1) is 17.7. The number of ketones is 1. The molecule has 126 valence electrons. The van der Waals surface area contributed by atoms with E-state index in [1.54, 1.807) is 24.3 Å². The minimum absolute atomic E-state index is 0.0367. The third kappa shape index (κ3) is 4.69. The van der Waals surface area contributed by atoms with E-state index in [-0.39, 0.29) is 11.7 Å². The zero-order valence-electron chi connectivity index (χ0n) is 14.3. The van der Waals surface area contributed by atoms with E-state index in [1.807, 2.05) is 31.2 Å². The largest absolute Gasteiger partial charge is 0.481 e. The fourth-order valence-corrected chi connectivity index (χ4v) is 2.33. The molecule has 0 bridgehead atoms. The van der Waals surface area contributed by atoms with Crippen LogP contribution in [0.3, 0.4) is 0 Å². The molecule has 1 atom stereocenters. The van der Waals surface area contributed by atoms with Gasteiger partial charge >= 0.3 is 0 Å². The Morgan fingerprint density at radius 3 is 2.38 bits per heavy atom. The molecule has 0 fully saturated rings. The van der Waals surface area contributed by atoms with E-state index in [4.69, 9.17) is 4.74 Å². The highest BCUT2D eigenvalue weighted by molar-refractivity contribution is 5.98. The first-order chi connectivity index (χ1) is 11.5. The second-order valence-corrected chi connectivity index (χ2v) is 5.64. The normalized spacial score (nSPS) is 11.6. The topological polar surface area (TPSA) is 55.4 Å². The molecule has 4 heteroatoms. The van der Waals surface area contributed by atoms with E-state index in [1.165, 1.54) is 12.5 Å². The van der Waals surface area contributed by atoms with Crippen molar-refractivity contribution in [2.45, 2.75) is 39.7 Å². The van der Waals surface area contributed by atoms with Crippen molar-refractivity contribution in [3.8, 4) is 5.75 Å². The number of benzene rings is 2. The Hall–Kier alpha value is -2.62. The molecule has 1 N–H and O–H groups in total. The van der Waals surface area contributed by atoms with Crippen LogP contribution in [0.15, 0.2) is 48.5 Å². The van der Waals surface area contributed by atoms with Gasteiger partial charge in [0.05, 0.1) is 0 Å². The molecule has 0 saturated heterocycles. The maximum absolute atomic E-state index is 12.4. The number of ether oxygens (including phenoxy) is 1. The van der Waals surface area contributed by atoms with Gasteiger partial charge in [-0.15, -0.1) is 0 Å². The van der Waals surface area contributed by atoms with Crippen LogP contribution in [0.25, 0.3) is 0 Å². The summed E-state index contributed by atoms with van der Waals surface area (Å²) in [5.41, 5.74) is 2.38. The molecule has 0 heterocycles. The monoisotopic (exact) mass is 325 g/mol. The second kappa shape index (κ2) is 8.29. The number of nitrogens with one attached hydrogen (secondary N) is 1. The Balaban J connectivity index is 2.05. The molecule has 0 aliphatic carbocycles. The molecule has 1 unspecified atom stereocenters. The lowest BCUT2D eigenvalue weighted by Crippen LogP contribution is -2.32. The Morgan fingerprint density at radius 1 is 1.08 bits per heavy atom. The van der Waals surface area contributed by atoms with Gasteiger partial charge in [-0.3, -0.25) is 9.59 Å². The predicted octanol–water partition coefficient (Wildman–Crippen LogP) is 4.25. The van der Waals surface area contributed by atoms with Gasteiger partial charge in [-0.05, 0) is 49.6 Å². The lowest BCUT2D eigenvalue weighted by atomic mass is 10.1. The van der Waals surface area contributed by atoms with Crippen LogP contribution < -0.4 is 10.1 Å². The molecule has 0 aromatic heterocycles. The molecule has 24 heavy (non-hydrogen) atoms. The van der Waals surface area contributed by atoms with E-state index in [2.05, 4.69) is 12.2 Å². The quantitative estimate of drug-likeness (QED) is 0.774. The summed E-state index contributed by atoms with van der Waals surface area (Å²) in [6.45, 7) is 5.49. The van der Waals surface area contributed by atoms with Crippen molar-refractivity contribution >= 4 is 17.4 Å². The van der Waals surface area contributed by atoms with E-state index in [0.29, 0.717) is 23.4 Å². The summed E-state index contributed by atoms with van der Waals surface area (Å²) >= 11 is 0. The Morgan fingerprint density at radius 2 is 1.79 bits per heavy atom. The van der Waals surface area contributed by atoms with Gasteiger partial charge in [-0.1, -0.05) is 38.1 Å². The number of hydrogen-bond acceptors (Lipinski definition) is 3. The fourth-order valence-electron chi connectivity index (χ4n) is 2.33. The van der Waals surface area contributed by atoms with Crippen molar-refractivity contribution in [3.05, 3.63) is 59.7 Å². The van der Waals surface area contributed by atoms with Crippen LogP contribution in [0.1, 0.15) is 43.1 Å². The molecule has 4 nitrogen and oxygen atoms in total. The summed E-state index contributed by atoms with van der Waals surface area (Å²) in [6.07, 6.45) is 0.927. The van der Waals surface area contributed by atoms with Crippen LogP contribution in [0.2, 0.25) is 0 Å². The fraction of sp³-hybridized carbons (Fsp3) is 0.300. The van der Waals surface area contributed by atoms with E-state index >= 15 is 0 Å². The molecule has 1 amide bonds. The van der Waals surface area contributed by atoms with E-state index < -0.39 is 6.10 Å². The van der Waals surface area contributed by atoms with Crippen LogP contribution in [0.5, 0.6) is 5.75 Å². The van der Waals surface area contributed by atoms with Gasteiger partial charge in [0.1, 0.15) is 5.75 Å². The number of anilines is 1. The van der Waals surface area contributed by atoms with Crippen LogP contribution >= 0.6 is 0 Å². The average molecular weight is 325 g/mol. The van der Waals surface area contributed by atoms with Crippen molar-refractivity contribution in [1.29, 1.82) is 0 Å². The van der Waals surface area contributed by atoms with Crippen molar-refractivity contribution < 1.29 is 14.3 Å². The summed E-state index contributed by atoms with van der Waals surface area (Å²) < 4.78 is 5.80. The molecule has 2 aromatic carbocycles. The summed E-state index contributed by atoms with van der Waals surface area (Å²) in [4.78, 5) is 23.9. The standard InChI is InChI=1S/C20H23NO3/c1-4-15-9-11-18(12-10-15)24-19(5-2)20(23)21-17-8-6-7-16(13-17)14(3)22/h6-13,19H,4-5H2,1-3H3,(H,21,23). The van der Waals surface area contributed by atoms with Crippen LogP contribution in [-0.4, -0.2) is 17.8 Å². The third-order valence-electron chi connectivity index (χ3n) is 3.81. The first-order valence-corrected chi connectivity index (χ1v) is 8.21. The van der Waals surface area contributed by atoms with Gasteiger partial charge in [-0.25, -0.2) is 0 Å². The number of rotatable bonds is 7. The van der Waals surface area contributed by atoms with E-state index in [0.717, 1.165) is 6.42 Å². The number of carbonyl (C=O) groups excluding carboxylic acids is 2. The van der Waals surface area contributed by atoms with Gasteiger partial charge in [0.2, 0.25) is 0 Å². The summed E-state index contributed by atoms with van der Waals surface area (Å²) in [7, 11) is 0. The number of hydrogen-bond donors (Lipinski definition) is 1. The van der Waals surface area contributed by atoms with Crippen LogP contribution in [0.4, 0.5) is 5.69 Å². The predicted molar refractivity (Wildman–Crippen MR) is 95.6 cm³/mol. The summed E-state index contributed by atoms with van der Waals surface area (Å²) in [5, 5.41) is 2.81. The summed E-state index contributed by atoms with van der Waals surface area (Å²) in [6, 6.07) is 14.7. The second-order valence-electron chi connectivity index (χ2n) is 5.64. The number of aryl methyl sites for hydroxylation is 1. The van der Waals surface area contributed by atoms with Gasteiger partial charge in [0, 0.05) is 11.3 Å². The lowest BCUT2D eigenvalue weighted by Gasteiger charge is -2.17. The minimum Gasteiger partial charge on any atom is -0.481 e. The molecular formula is C20H23NO3. The van der Waals surface area contributed by atoms with Gasteiger partial charge < -0.3 is 10.1 Å². The SMILES string of the molecule is CCc1ccc(OC(CC)C(=O)Nc2cccc(C(C)=O)c2)cc1. The van der Waals surface area contributed by atoms with Gasteiger partial charge in [0.25, 0.3) is 5.91 Å². The smallest absolute Gasteiger partial charge is 0.265 e. The summed E-state index contributed by atoms with van der Waals surface area (Å²) in [5.74, 6) is 0.412. The number of Topliss-reactive ketones (excluding diaryl/α,β-unsaturated/α-hetero) is 1. The zero-order chi connectivity index (χ0) is 17.5. The molecule has 0 aliphatic heterocycles. The third-order valence-corrected chi connectivity index (χ3v) is 3.81. The first-order valence-electron chi connectivity index (χ1n) is 8.21. The van der Waals surface area contributed by atoms with Gasteiger partial charge in [0.15, 0.2) is 11.9 Å². The lowest BCUT2D eigenvalue weighted by molar-refractivity contribution is -0.122. The maximum atomic E-state index is 12.4. The Bertz CT molecular complexity index is 707. The highest BCUT2D eigenvalue weighted by Crippen LogP contribution is 2.17. The van der Waals surface area contributed by atoms with Crippen molar-refractivity contribution in [3.63, 3.8) is 0 Å². The molecule has 0 saturated carbocycles. The molecular weight excluding hydrogens is 302 g/mol. The number of amides is 1. The van der Waals surface area contributed by atoms with Crippen LogP contribution in [0, 0.1) is 0 Å². The van der Waals surface area contributed by atoms with E-state index in [9.17, 15) is 9.59 Å². The van der Waals surface area contributed by atoms with Crippen molar-refractivity contribution in [2.75, 3.05) is 5.32 Å². The zero-order valence-corrected chi connectivity index (χ0v) is 14.3. The number of carbonyl (C=O) groups is 2. The Labute approximate surface area is 142 Å². The molecule has 0 spiro atoms. The van der Waals surface area contributed by atoms with Gasteiger partial charge in [-0.2, -0.15) is 0 Å².